The Hall–Kier alpha value is -2.08. The highest BCUT2D eigenvalue weighted by molar-refractivity contribution is 5.94. The predicted molar refractivity (Wildman–Crippen MR) is 117 cm³/mol. The summed E-state index contributed by atoms with van der Waals surface area (Å²) in [5, 5.41) is 3.02. The van der Waals surface area contributed by atoms with E-state index in [2.05, 4.69) is 29.1 Å². The van der Waals surface area contributed by atoms with E-state index in [9.17, 15) is 9.59 Å². The van der Waals surface area contributed by atoms with Gasteiger partial charge >= 0.3 is 0 Å². The third kappa shape index (κ3) is 5.95. The molecule has 3 rings (SSSR count). The first kappa shape index (κ1) is 21.6. The van der Waals surface area contributed by atoms with Crippen LogP contribution in [0.5, 0.6) is 0 Å². The Morgan fingerprint density at radius 3 is 2.34 bits per heavy atom. The highest BCUT2D eigenvalue weighted by Crippen LogP contribution is 2.26. The van der Waals surface area contributed by atoms with Crippen molar-refractivity contribution in [2.24, 2.45) is 5.92 Å². The zero-order valence-corrected chi connectivity index (χ0v) is 18.0. The minimum absolute atomic E-state index is 0.0234. The molecule has 1 heterocycles. The SMILES string of the molecule is CCCN(C)c1ccc(C(=O)NCCN2CCN(C(=O)C3CCCC3)CC2)cc1. The summed E-state index contributed by atoms with van der Waals surface area (Å²) >= 11 is 0. The largest absolute Gasteiger partial charge is 0.375 e. The first-order valence-corrected chi connectivity index (χ1v) is 11.2. The highest BCUT2D eigenvalue weighted by atomic mass is 16.2. The summed E-state index contributed by atoms with van der Waals surface area (Å²) in [6, 6.07) is 7.80. The average molecular weight is 401 g/mol. The van der Waals surface area contributed by atoms with Crippen LogP contribution in [0, 0.1) is 5.92 Å². The van der Waals surface area contributed by atoms with Crippen LogP contribution in [0.15, 0.2) is 24.3 Å². The van der Waals surface area contributed by atoms with Gasteiger partial charge in [0.15, 0.2) is 0 Å². The molecule has 0 atom stereocenters. The second-order valence-electron chi connectivity index (χ2n) is 8.37. The van der Waals surface area contributed by atoms with E-state index in [1.165, 1.54) is 12.8 Å². The van der Waals surface area contributed by atoms with Crippen LogP contribution in [0.25, 0.3) is 0 Å². The third-order valence-electron chi connectivity index (χ3n) is 6.23. The number of rotatable bonds is 8. The van der Waals surface area contributed by atoms with Gasteiger partial charge in [-0.25, -0.2) is 0 Å². The molecule has 1 saturated carbocycles. The molecule has 1 saturated heterocycles. The molecule has 1 aliphatic heterocycles. The van der Waals surface area contributed by atoms with Crippen LogP contribution in [0.4, 0.5) is 5.69 Å². The lowest BCUT2D eigenvalue weighted by Gasteiger charge is -2.36. The van der Waals surface area contributed by atoms with E-state index in [0.717, 1.165) is 64.2 Å². The molecule has 0 unspecified atom stereocenters. The molecule has 6 nitrogen and oxygen atoms in total. The number of hydrogen-bond donors (Lipinski definition) is 1. The Morgan fingerprint density at radius 1 is 1.07 bits per heavy atom. The van der Waals surface area contributed by atoms with Crippen LogP contribution in [0.2, 0.25) is 0 Å². The highest BCUT2D eigenvalue weighted by Gasteiger charge is 2.29. The van der Waals surface area contributed by atoms with Crippen molar-refractivity contribution in [2.45, 2.75) is 39.0 Å². The van der Waals surface area contributed by atoms with E-state index in [4.69, 9.17) is 0 Å². The first-order chi connectivity index (χ1) is 14.1. The quantitative estimate of drug-likeness (QED) is 0.729. The van der Waals surface area contributed by atoms with Crippen LogP contribution in [0.1, 0.15) is 49.4 Å². The lowest BCUT2D eigenvalue weighted by molar-refractivity contribution is -0.137. The van der Waals surface area contributed by atoms with Gasteiger partial charge in [0.1, 0.15) is 0 Å². The molecule has 2 amide bonds. The van der Waals surface area contributed by atoms with E-state index >= 15 is 0 Å². The van der Waals surface area contributed by atoms with E-state index < -0.39 is 0 Å². The van der Waals surface area contributed by atoms with Gasteiger partial charge in [0.2, 0.25) is 5.91 Å². The summed E-state index contributed by atoms with van der Waals surface area (Å²) in [5.74, 6) is 0.613. The van der Waals surface area contributed by atoms with Crippen molar-refractivity contribution in [3.8, 4) is 0 Å². The number of anilines is 1. The van der Waals surface area contributed by atoms with Crippen molar-refractivity contribution >= 4 is 17.5 Å². The van der Waals surface area contributed by atoms with E-state index in [-0.39, 0.29) is 11.8 Å². The fraction of sp³-hybridized carbons (Fsp3) is 0.652. The van der Waals surface area contributed by atoms with Crippen molar-refractivity contribution in [2.75, 3.05) is 57.8 Å². The molecular formula is C23H36N4O2. The summed E-state index contributed by atoms with van der Waals surface area (Å²) in [7, 11) is 2.07. The van der Waals surface area contributed by atoms with Gasteiger partial charge in [-0.2, -0.15) is 0 Å². The van der Waals surface area contributed by atoms with Crippen molar-refractivity contribution < 1.29 is 9.59 Å². The van der Waals surface area contributed by atoms with Gasteiger partial charge < -0.3 is 15.1 Å². The Labute approximate surface area is 175 Å². The Bertz CT molecular complexity index is 662. The monoisotopic (exact) mass is 400 g/mol. The molecule has 160 valence electrons. The number of carbonyl (C=O) groups is 2. The van der Waals surface area contributed by atoms with Crippen molar-refractivity contribution in [1.82, 2.24) is 15.1 Å². The average Bonchev–Trinajstić information content (AvgIpc) is 3.29. The molecular weight excluding hydrogens is 364 g/mol. The molecule has 2 fully saturated rings. The maximum atomic E-state index is 12.5. The van der Waals surface area contributed by atoms with Crippen LogP contribution in [-0.2, 0) is 4.79 Å². The van der Waals surface area contributed by atoms with Gasteiger partial charge in [-0.3, -0.25) is 14.5 Å². The van der Waals surface area contributed by atoms with Crippen LogP contribution >= 0.6 is 0 Å². The Balaban J connectivity index is 1.36. The Morgan fingerprint density at radius 2 is 1.72 bits per heavy atom. The van der Waals surface area contributed by atoms with Crippen molar-refractivity contribution in [3.05, 3.63) is 29.8 Å². The van der Waals surface area contributed by atoms with Gasteiger partial charge in [-0.15, -0.1) is 0 Å². The molecule has 0 bridgehead atoms. The second kappa shape index (κ2) is 10.6. The second-order valence-corrected chi connectivity index (χ2v) is 8.37. The van der Waals surface area contributed by atoms with Gasteiger partial charge in [0.05, 0.1) is 0 Å². The van der Waals surface area contributed by atoms with Gasteiger partial charge in [-0.1, -0.05) is 19.8 Å². The number of piperazine rings is 1. The third-order valence-corrected chi connectivity index (χ3v) is 6.23. The van der Waals surface area contributed by atoms with E-state index in [1.54, 1.807) is 0 Å². The molecule has 1 aromatic carbocycles. The summed E-state index contributed by atoms with van der Waals surface area (Å²) < 4.78 is 0. The molecule has 2 aliphatic rings. The summed E-state index contributed by atoms with van der Waals surface area (Å²) in [6.45, 7) is 8.05. The van der Waals surface area contributed by atoms with Gasteiger partial charge in [0, 0.05) is 70.0 Å². The predicted octanol–water partition coefficient (Wildman–Crippen LogP) is 2.60. The molecule has 0 radical (unpaired) electrons. The van der Waals surface area contributed by atoms with Crippen LogP contribution < -0.4 is 10.2 Å². The molecule has 1 N–H and O–H groups in total. The Kier molecular flexibility index (Phi) is 7.92. The first-order valence-electron chi connectivity index (χ1n) is 11.2. The standard InChI is InChI=1S/C23H36N4O2/c1-3-13-25(2)21-10-8-19(9-11-21)22(28)24-12-14-26-15-17-27(18-16-26)23(29)20-6-4-5-7-20/h8-11,20H,3-7,12-18H2,1-2H3,(H,24,28). The molecule has 1 aliphatic carbocycles. The molecule has 6 heteroatoms. The van der Waals surface area contributed by atoms with E-state index in [0.29, 0.717) is 18.0 Å². The molecule has 29 heavy (non-hydrogen) atoms. The number of amides is 2. The molecule has 0 spiro atoms. The van der Waals surface area contributed by atoms with Gasteiger partial charge in [-0.05, 0) is 43.5 Å². The number of nitrogens with one attached hydrogen (secondary N) is 1. The summed E-state index contributed by atoms with van der Waals surface area (Å²) in [6.07, 6.45) is 5.64. The lowest BCUT2D eigenvalue weighted by Crippen LogP contribution is -2.51. The minimum Gasteiger partial charge on any atom is -0.375 e. The minimum atomic E-state index is -0.0234. The fourth-order valence-corrected chi connectivity index (χ4v) is 4.38. The number of benzene rings is 1. The van der Waals surface area contributed by atoms with E-state index in [1.807, 2.05) is 29.2 Å². The lowest BCUT2D eigenvalue weighted by atomic mass is 10.1. The maximum absolute atomic E-state index is 12.5. The zero-order chi connectivity index (χ0) is 20.6. The number of carbonyl (C=O) groups excluding carboxylic acids is 2. The topological polar surface area (TPSA) is 55.9 Å². The normalized spacial score (nSPS) is 18.1. The molecule has 1 aromatic rings. The number of hydrogen-bond acceptors (Lipinski definition) is 4. The smallest absolute Gasteiger partial charge is 0.251 e. The van der Waals surface area contributed by atoms with Crippen LogP contribution in [0.3, 0.4) is 0 Å². The van der Waals surface area contributed by atoms with Crippen molar-refractivity contribution in [1.29, 1.82) is 0 Å². The fourth-order valence-electron chi connectivity index (χ4n) is 4.38. The summed E-state index contributed by atoms with van der Waals surface area (Å²) in [5.41, 5.74) is 1.83. The van der Waals surface area contributed by atoms with Crippen LogP contribution in [-0.4, -0.2) is 74.5 Å². The zero-order valence-electron chi connectivity index (χ0n) is 18.0. The number of nitrogens with zero attached hydrogens (tertiary/aromatic N) is 3. The molecule has 0 aromatic heterocycles. The maximum Gasteiger partial charge on any atom is 0.251 e. The van der Waals surface area contributed by atoms with Gasteiger partial charge in [0.25, 0.3) is 5.91 Å². The van der Waals surface area contributed by atoms with Crippen molar-refractivity contribution in [3.63, 3.8) is 0 Å². The summed E-state index contributed by atoms with van der Waals surface area (Å²) in [4.78, 5) is 31.5.